The minimum atomic E-state index is -0.665. The second-order valence-corrected chi connectivity index (χ2v) is 10.0. The maximum Gasteiger partial charge on any atom is 0.410 e. The number of carbonyl (C=O) groups excluding carboxylic acids is 1. The van der Waals surface area contributed by atoms with Crippen molar-refractivity contribution in [2.45, 2.75) is 45.7 Å². The number of anilines is 1. The normalized spacial score (nSPS) is 15.7. The highest BCUT2D eigenvalue weighted by atomic mass is 79.9. The van der Waals surface area contributed by atoms with Crippen LogP contribution in [0.1, 0.15) is 27.7 Å². The first kappa shape index (κ1) is 26.7. The molecule has 1 fully saturated rings. The van der Waals surface area contributed by atoms with Crippen molar-refractivity contribution < 1.29 is 28.1 Å². The van der Waals surface area contributed by atoms with Crippen molar-refractivity contribution in [1.29, 1.82) is 0 Å². The highest BCUT2D eigenvalue weighted by Crippen LogP contribution is 2.36. The Balaban J connectivity index is 1.94. The molecule has 2 aromatic rings. The quantitative estimate of drug-likeness (QED) is 0.372. The smallest absolute Gasteiger partial charge is 0.410 e. The van der Waals surface area contributed by atoms with Gasteiger partial charge in [0.1, 0.15) is 23.0 Å². The summed E-state index contributed by atoms with van der Waals surface area (Å²) in [6.45, 7) is 8.94. The molecule has 12 heteroatoms. The molecule has 1 aromatic heterocycles. The van der Waals surface area contributed by atoms with Crippen molar-refractivity contribution in [3.8, 4) is 6.01 Å². The molecule has 9 nitrogen and oxygen atoms in total. The minimum Gasteiger partial charge on any atom is -0.455 e. The van der Waals surface area contributed by atoms with E-state index >= 15 is 4.39 Å². The van der Waals surface area contributed by atoms with E-state index in [2.05, 4.69) is 25.9 Å². The number of nitrogens with zero attached hydrogens (tertiary/aromatic N) is 4. The van der Waals surface area contributed by atoms with Gasteiger partial charge in [-0.25, -0.2) is 9.18 Å². The number of fused-ring (bicyclic) bond motifs is 1. The number of rotatable bonds is 6. The second kappa shape index (κ2) is 10.8. The molecule has 34 heavy (non-hydrogen) atoms. The third-order valence-corrected chi connectivity index (χ3v) is 6.46. The molecule has 1 aromatic carbocycles. The summed E-state index contributed by atoms with van der Waals surface area (Å²) >= 11 is 9.41. The maximum absolute atomic E-state index is 15.1. The molecule has 188 valence electrons. The largest absolute Gasteiger partial charge is 0.455 e. The molecule has 0 aliphatic carbocycles. The zero-order valence-corrected chi connectivity index (χ0v) is 22.4. The summed E-state index contributed by atoms with van der Waals surface area (Å²) in [7, 11) is 2.98. The van der Waals surface area contributed by atoms with Gasteiger partial charge < -0.3 is 28.7 Å². The van der Waals surface area contributed by atoms with Gasteiger partial charge in [0.2, 0.25) is 0 Å². The van der Waals surface area contributed by atoms with E-state index < -0.39 is 23.8 Å². The summed E-state index contributed by atoms with van der Waals surface area (Å²) < 4.78 is 37.0. The SMILES string of the molecule is COC(OC)[C@H](C)Oc1nc(N2CCN(C(=O)OC(C)(C)C)CC2)c2cc(Cl)c(Br)c(F)c2n1. The van der Waals surface area contributed by atoms with Crippen molar-refractivity contribution in [3.05, 3.63) is 21.4 Å². The van der Waals surface area contributed by atoms with E-state index in [1.54, 1.807) is 17.9 Å². The Kier molecular flexibility index (Phi) is 8.43. The molecule has 2 heterocycles. The number of methoxy groups -OCH3 is 2. The van der Waals surface area contributed by atoms with Gasteiger partial charge in [0, 0.05) is 45.8 Å². The summed E-state index contributed by atoms with van der Waals surface area (Å²) in [6.07, 6.45) is -1.61. The van der Waals surface area contributed by atoms with Crippen LogP contribution < -0.4 is 9.64 Å². The van der Waals surface area contributed by atoms with E-state index in [1.807, 2.05) is 25.7 Å². The summed E-state index contributed by atoms with van der Waals surface area (Å²) in [5.74, 6) is -0.165. The Morgan fingerprint density at radius 1 is 1.18 bits per heavy atom. The Morgan fingerprint density at radius 3 is 2.35 bits per heavy atom. The van der Waals surface area contributed by atoms with Crippen LogP contribution in [0.5, 0.6) is 6.01 Å². The molecule has 0 spiro atoms. The number of hydrogen-bond donors (Lipinski definition) is 0. The Hall–Kier alpha value is -1.95. The third kappa shape index (κ3) is 5.99. The fourth-order valence-electron chi connectivity index (χ4n) is 3.56. The number of benzene rings is 1. The van der Waals surface area contributed by atoms with E-state index in [9.17, 15) is 4.79 Å². The van der Waals surface area contributed by atoms with Crippen LogP contribution in [0.25, 0.3) is 10.9 Å². The van der Waals surface area contributed by atoms with Crippen LogP contribution in [0, 0.1) is 5.82 Å². The Morgan fingerprint density at radius 2 is 1.79 bits per heavy atom. The molecular weight excluding hydrogens is 535 g/mol. The molecule has 0 saturated carbocycles. The van der Waals surface area contributed by atoms with Gasteiger partial charge in [-0.2, -0.15) is 9.97 Å². The predicted octanol–water partition coefficient (Wildman–Crippen LogP) is 4.63. The van der Waals surface area contributed by atoms with E-state index in [0.717, 1.165) is 0 Å². The van der Waals surface area contributed by atoms with Crippen LogP contribution >= 0.6 is 27.5 Å². The van der Waals surface area contributed by atoms with Gasteiger partial charge in [0.25, 0.3) is 0 Å². The fraction of sp³-hybridized carbons (Fsp3) is 0.591. The highest BCUT2D eigenvalue weighted by Gasteiger charge is 2.29. The number of aromatic nitrogens is 2. The van der Waals surface area contributed by atoms with E-state index in [0.29, 0.717) is 37.4 Å². The van der Waals surface area contributed by atoms with Crippen molar-refractivity contribution >= 4 is 50.3 Å². The molecule has 1 saturated heterocycles. The summed E-state index contributed by atoms with van der Waals surface area (Å²) in [5.41, 5.74) is -0.520. The lowest BCUT2D eigenvalue weighted by molar-refractivity contribution is -0.152. The van der Waals surface area contributed by atoms with Gasteiger partial charge >= 0.3 is 12.1 Å². The van der Waals surface area contributed by atoms with Crippen LogP contribution in [0.15, 0.2) is 10.5 Å². The van der Waals surface area contributed by atoms with Crippen molar-refractivity contribution in [1.82, 2.24) is 14.9 Å². The van der Waals surface area contributed by atoms with Gasteiger partial charge in [-0.05, 0) is 49.7 Å². The molecule has 1 aliphatic rings. The van der Waals surface area contributed by atoms with Crippen LogP contribution in [-0.2, 0) is 14.2 Å². The molecule has 0 N–H and O–H groups in total. The zero-order valence-electron chi connectivity index (χ0n) is 20.0. The van der Waals surface area contributed by atoms with Gasteiger partial charge in [-0.1, -0.05) is 11.6 Å². The molecule has 0 radical (unpaired) electrons. The summed E-state index contributed by atoms with van der Waals surface area (Å²) in [5, 5.41) is 0.634. The maximum atomic E-state index is 15.1. The molecular formula is C22H29BrClFN4O5. The lowest BCUT2D eigenvalue weighted by Crippen LogP contribution is -2.50. The minimum absolute atomic E-state index is 0.0307. The topological polar surface area (TPSA) is 86.2 Å². The number of piperazine rings is 1. The van der Waals surface area contributed by atoms with E-state index in [-0.39, 0.29) is 27.1 Å². The first-order valence-electron chi connectivity index (χ1n) is 10.8. The molecule has 3 rings (SSSR count). The standard InChI is InChI=1S/C22H29BrClFN4O5/c1-12(19(31-5)32-6)33-20-26-17-13(11-14(24)15(23)16(17)25)18(27-20)28-7-9-29(10-8-28)21(30)34-22(2,3)4/h11-12,19H,7-10H2,1-6H3/t12-/m0/s1. The van der Waals surface area contributed by atoms with Crippen LogP contribution in [-0.4, -0.2) is 79.4 Å². The van der Waals surface area contributed by atoms with Crippen LogP contribution in [0.4, 0.5) is 15.0 Å². The summed E-state index contributed by atoms with van der Waals surface area (Å²) in [6, 6.07) is 1.58. The number of hydrogen-bond acceptors (Lipinski definition) is 8. The lowest BCUT2D eigenvalue weighted by Gasteiger charge is -2.36. The number of halogens is 3. The number of carbonyl (C=O) groups is 1. The second-order valence-electron chi connectivity index (χ2n) is 8.83. The van der Waals surface area contributed by atoms with Gasteiger partial charge in [0.05, 0.1) is 9.50 Å². The Bertz CT molecular complexity index is 1040. The van der Waals surface area contributed by atoms with Crippen molar-refractivity contribution in [2.75, 3.05) is 45.3 Å². The van der Waals surface area contributed by atoms with Gasteiger partial charge in [-0.3, -0.25) is 0 Å². The Labute approximate surface area is 211 Å². The van der Waals surface area contributed by atoms with E-state index in [4.69, 9.17) is 30.5 Å². The third-order valence-electron chi connectivity index (χ3n) is 5.16. The predicted molar refractivity (Wildman–Crippen MR) is 130 cm³/mol. The molecule has 0 unspecified atom stereocenters. The highest BCUT2D eigenvalue weighted by molar-refractivity contribution is 9.10. The lowest BCUT2D eigenvalue weighted by atomic mass is 10.2. The van der Waals surface area contributed by atoms with E-state index in [1.165, 1.54) is 14.2 Å². The van der Waals surface area contributed by atoms with Crippen LogP contribution in [0.2, 0.25) is 5.02 Å². The fourth-order valence-corrected chi connectivity index (χ4v) is 4.05. The van der Waals surface area contributed by atoms with Crippen molar-refractivity contribution in [2.24, 2.45) is 0 Å². The number of ether oxygens (including phenoxy) is 4. The van der Waals surface area contributed by atoms with Gasteiger partial charge in [0.15, 0.2) is 12.1 Å². The average molecular weight is 564 g/mol. The molecule has 1 aliphatic heterocycles. The molecule has 1 amide bonds. The molecule has 1 atom stereocenters. The van der Waals surface area contributed by atoms with Crippen molar-refractivity contribution in [3.63, 3.8) is 0 Å². The van der Waals surface area contributed by atoms with Crippen LogP contribution in [0.3, 0.4) is 0 Å². The summed E-state index contributed by atoms with van der Waals surface area (Å²) in [4.78, 5) is 24.9. The van der Waals surface area contributed by atoms with Gasteiger partial charge in [-0.15, -0.1) is 0 Å². The zero-order chi connectivity index (χ0) is 25.2. The first-order chi connectivity index (χ1) is 15.9. The monoisotopic (exact) mass is 562 g/mol. The average Bonchev–Trinajstić information content (AvgIpc) is 2.77. The first-order valence-corrected chi connectivity index (χ1v) is 11.9. The molecule has 0 bridgehead atoms. The number of amides is 1.